The summed E-state index contributed by atoms with van der Waals surface area (Å²) in [6.07, 6.45) is 9.09. The van der Waals surface area contributed by atoms with Crippen molar-refractivity contribution in [3.05, 3.63) is 90.3 Å². The molecule has 3 aromatic heterocycles. The van der Waals surface area contributed by atoms with Crippen molar-refractivity contribution in [1.29, 1.82) is 0 Å². The molecule has 0 radical (unpaired) electrons. The van der Waals surface area contributed by atoms with Gasteiger partial charge in [-0.15, -0.1) is 0 Å². The zero-order valence-corrected chi connectivity index (χ0v) is 17.6. The van der Waals surface area contributed by atoms with Crippen molar-refractivity contribution in [2.45, 2.75) is 25.4 Å². The van der Waals surface area contributed by atoms with Crippen molar-refractivity contribution < 1.29 is 4.79 Å². The minimum absolute atomic E-state index is 0.0428. The van der Waals surface area contributed by atoms with E-state index in [2.05, 4.69) is 9.97 Å². The molecule has 0 fully saturated rings. The van der Waals surface area contributed by atoms with E-state index in [4.69, 9.17) is 4.98 Å². The second kappa shape index (κ2) is 9.54. The number of carbonyl (C=O) groups excluding carboxylic acids is 1. The number of para-hydroxylation sites is 2. The Labute approximate surface area is 180 Å². The van der Waals surface area contributed by atoms with Gasteiger partial charge in [-0.25, -0.2) is 4.98 Å². The Bertz CT molecular complexity index is 1070. The first-order valence-corrected chi connectivity index (χ1v) is 11.1. The molecule has 0 N–H and O–H groups in total. The first kappa shape index (κ1) is 20.1. The van der Waals surface area contributed by atoms with Crippen LogP contribution in [0.25, 0.3) is 11.0 Å². The lowest BCUT2D eigenvalue weighted by Crippen LogP contribution is -2.33. The molecule has 0 atom stereocenters. The number of fused-ring (bicyclic) bond motifs is 1. The molecule has 30 heavy (non-hydrogen) atoms. The topological polar surface area (TPSA) is 63.9 Å². The average molecular weight is 418 g/mol. The van der Waals surface area contributed by atoms with Gasteiger partial charge in [0.05, 0.1) is 16.8 Å². The number of pyridine rings is 2. The number of thioether (sulfide) groups is 1. The van der Waals surface area contributed by atoms with Crippen LogP contribution in [0.4, 0.5) is 0 Å². The van der Waals surface area contributed by atoms with Crippen molar-refractivity contribution in [2.24, 2.45) is 0 Å². The van der Waals surface area contributed by atoms with E-state index in [1.54, 1.807) is 36.5 Å². The zero-order chi connectivity index (χ0) is 20.8. The fourth-order valence-electron chi connectivity index (χ4n) is 3.43. The molecule has 0 unspecified atom stereocenters. The fraction of sp³-hybridized carbons (Fsp3) is 0.217. The molecule has 0 aliphatic heterocycles. The van der Waals surface area contributed by atoms with E-state index in [1.807, 2.05) is 64.3 Å². The smallest absolute Gasteiger partial charge is 0.243 e. The van der Waals surface area contributed by atoms with Crippen LogP contribution in [-0.2, 0) is 30.2 Å². The molecule has 1 amide bonds. The molecule has 6 nitrogen and oxygen atoms in total. The van der Waals surface area contributed by atoms with Crippen molar-refractivity contribution in [3.63, 3.8) is 0 Å². The van der Waals surface area contributed by atoms with Gasteiger partial charge in [0.1, 0.15) is 12.4 Å². The highest BCUT2D eigenvalue weighted by molar-refractivity contribution is 7.97. The quantitative estimate of drug-likeness (QED) is 0.435. The third-order valence-electron chi connectivity index (χ3n) is 4.87. The van der Waals surface area contributed by atoms with Crippen LogP contribution in [0.2, 0.25) is 0 Å². The molecule has 0 saturated heterocycles. The van der Waals surface area contributed by atoms with Crippen LogP contribution in [0.3, 0.4) is 0 Å². The highest BCUT2D eigenvalue weighted by Crippen LogP contribution is 2.20. The lowest BCUT2D eigenvalue weighted by atomic mass is 10.2. The van der Waals surface area contributed by atoms with Crippen molar-refractivity contribution in [2.75, 3.05) is 6.26 Å². The van der Waals surface area contributed by atoms with Crippen LogP contribution < -0.4 is 0 Å². The van der Waals surface area contributed by atoms with Gasteiger partial charge in [0.2, 0.25) is 5.91 Å². The molecule has 152 valence electrons. The molecule has 7 heteroatoms. The molecule has 1 aromatic carbocycles. The minimum atomic E-state index is 0.0428. The monoisotopic (exact) mass is 417 g/mol. The SMILES string of the molecule is CSCc1nc2ccccc2n1CC(=O)N(Cc1ccncc1)Cc1cccnc1. The molecule has 0 aliphatic carbocycles. The standard InChI is InChI=1S/C23H23N5OS/c1-30-17-22-26-20-6-2-3-7-21(20)28(22)16-23(29)27(14-18-8-11-24-12-9-18)15-19-5-4-10-25-13-19/h2-13H,14-17H2,1H3. The van der Waals surface area contributed by atoms with Gasteiger partial charge in [-0.1, -0.05) is 18.2 Å². The normalized spacial score (nSPS) is 11.0. The number of nitrogens with zero attached hydrogens (tertiary/aromatic N) is 5. The second-order valence-corrected chi connectivity index (χ2v) is 7.87. The highest BCUT2D eigenvalue weighted by Gasteiger charge is 2.19. The summed E-state index contributed by atoms with van der Waals surface area (Å²) in [5.74, 6) is 1.72. The highest BCUT2D eigenvalue weighted by atomic mass is 32.2. The van der Waals surface area contributed by atoms with E-state index in [9.17, 15) is 4.79 Å². The number of imidazole rings is 1. The Morgan fingerprint density at radius 3 is 2.53 bits per heavy atom. The lowest BCUT2D eigenvalue weighted by Gasteiger charge is -2.24. The van der Waals surface area contributed by atoms with Crippen LogP contribution in [0.1, 0.15) is 17.0 Å². The van der Waals surface area contributed by atoms with Gasteiger partial charge in [-0.3, -0.25) is 14.8 Å². The first-order chi connectivity index (χ1) is 14.7. The van der Waals surface area contributed by atoms with E-state index >= 15 is 0 Å². The van der Waals surface area contributed by atoms with Crippen LogP contribution in [-0.4, -0.2) is 36.6 Å². The lowest BCUT2D eigenvalue weighted by molar-refractivity contribution is -0.133. The maximum absolute atomic E-state index is 13.5. The van der Waals surface area contributed by atoms with Gasteiger partial charge in [-0.05, 0) is 47.7 Å². The average Bonchev–Trinajstić information content (AvgIpc) is 3.12. The predicted octanol–water partition coefficient (Wildman–Crippen LogP) is 3.92. The number of benzene rings is 1. The van der Waals surface area contributed by atoms with Crippen LogP contribution >= 0.6 is 11.8 Å². The number of aromatic nitrogens is 4. The van der Waals surface area contributed by atoms with Crippen molar-refractivity contribution in [1.82, 2.24) is 24.4 Å². The number of rotatable bonds is 8. The third-order valence-corrected chi connectivity index (χ3v) is 5.42. The summed E-state index contributed by atoms with van der Waals surface area (Å²) in [6, 6.07) is 15.7. The van der Waals surface area contributed by atoms with E-state index in [1.165, 1.54) is 0 Å². The third kappa shape index (κ3) is 4.68. The summed E-state index contributed by atoms with van der Waals surface area (Å²) in [5, 5.41) is 0. The Balaban J connectivity index is 1.63. The summed E-state index contributed by atoms with van der Waals surface area (Å²) in [5.41, 5.74) is 3.95. The van der Waals surface area contributed by atoms with Gasteiger partial charge in [0.15, 0.2) is 0 Å². The molecule has 0 spiro atoms. The number of carbonyl (C=O) groups is 1. The van der Waals surface area contributed by atoms with Gasteiger partial charge in [0.25, 0.3) is 0 Å². The van der Waals surface area contributed by atoms with Crippen molar-refractivity contribution >= 4 is 28.7 Å². The van der Waals surface area contributed by atoms with E-state index < -0.39 is 0 Å². The van der Waals surface area contributed by atoms with Gasteiger partial charge in [0, 0.05) is 37.9 Å². The maximum Gasteiger partial charge on any atom is 0.243 e. The Morgan fingerprint density at radius 1 is 0.967 bits per heavy atom. The molecule has 4 rings (SSSR count). The Hall–Kier alpha value is -3.19. The molecule has 0 bridgehead atoms. The molecule has 0 aliphatic rings. The first-order valence-electron chi connectivity index (χ1n) is 9.73. The molecule has 3 heterocycles. The van der Waals surface area contributed by atoms with Crippen LogP contribution in [0.5, 0.6) is 0 Å². The van der Waals surface area contributed by atoms with E-state index in [0.717, 1.165) is 33.7 Å². The number of hydrogen-bond acceptors (Lipinski definition) is 5. The largest absolute Gasteiger partial charge is 0.332 e. The number of amides is 1. The predicted molar refractivity (Wildman–Crippen MR) is 120 cm³/mol. The number of hydrogen-bond donors (Lipinski definition) is 0. The summed E-state index contributed by atoms with van der Waals surface area (Å²) >= 11 is 1.70. The van der Waals surface area contributed by atoms with Crippen molar-refractivity contribution in [3.8, 4) is 0 Å². The molecular weight excluding hydrogens is 394 g/mol. The van der Waals surface area contributed by atoms with Gasteiger partial charge < -0.3 is 9.47 Å². The Kier molecular flexibility index (Phi) is 6.39. The Morgan fingerprint density at radius 2 is 1.77 bits per heavy atom. The van der Waals surface area contributed by atoms with Crippen LogP contribution in [0.15, 0.2) is 73.3 Å². The van der Waals surface area contributed by atoms with E-state index in [0.29, 0.717) is 13.1 Å². The fourth-order valence-corrected chi connectivity index (χ4v) is 3.91. The molecular formula is C23H23N5OS. The molecule has 0 saturated carbocycles. The van der Waals surface area contributed by atoms with Gasteiger partial charge in [-0.2, -0.15) is 11.8 Å². The summed E-state index contributed by atoms with van der Waals surface area (Å²) in [6.45, 7) is 1.27. The summed E-state index contributed by atoms with van der Waals surface area (Å²) in [7, 11) is 0. The minimum Gasteiger partial charge on any atom is -0.332 e. The maximum atomic E-state index is 13.5. The van der Waals surface area contributed by atoms with Crippen LogP contribution in [0, 0.1) is 0 Å². The summed E-state index contributed by atoms with van der Waals surface area (Å²) in [4.78, 5) is 28.3. The second-order valence-electron chi connectivity index (χ2n) is 7.00. The zero-order valence-electron chi connectivity index (χ0n) is 16.8. The van der Waals surface area contributed by atoms with E-state index in [-0.39, 0.29) is 12.5 Å². The summed E-state index contributed by atoms with van der Waals surface area (Å²) < 4.78 is 2.04. The molecule has 4 aromatic rings. The van der Waals surface area contributed by atoms with Gasteiger partial charge >= 0.3 is 0 Å².